The highest BCUT2D eigenvalue weighted by molar-refractivity contribution is 7.92. The number of sulfonamides is 1. The van der Waals surface area contributed by atoms with Crippen molar-refractivity contribution in [3.8, 4) is 5.75 Å². The first-order chi connectivity index (χ1) is 18.8. The number of ether oxygens (including phenoxy) is 1. The van der Waals surface area contributed by atoms with Gasteiger partial charge in [0.05, 0.1) is 17.7 Å². The molecule has 214 valence electrons. The maximum Gasteiger partial charge on any atom is 0.264 e. The third-order valence-electron chi connectivity index (χ3n) is 6.40. The summed E-state index contributed by atoms with van der Waals surface area (Å²) < 4.78 is 34.0. The van der Waals surface area contributed by atoms with Gasteiger partial charge in [-0.25, -0.2) is 8.42 Å². The van der Waals surface area contributed by atoms with E-state index in [9.17, 15) is 18.0 Å². The van der Waals surface area contributed by atoms with E-state index in [4.69, 9.17) is 4.74 Å². The minimum atomic E-state index is -4.13. The molecule has 2 amide bonds. The molecule has 0 fully saturated rings. The number of nitrogens with zero attached hydrogens (tertiary/aromatic N) is 2. The first-order valence-corrected chi connectivity index (χ1v) is 14.6. The zero-order chi connectivity index (χ0) is 29.5. The average molecular weight is 566 g/mol. The van der Waals surface area contributed by atoms with Crippen molar-refractivity contribution in [2.75, 3.05) is 24.5 Å². The third-order valence-corrected chi connectivity index (χ3v) is 8.19. The highest BCUT2D eigenvalue weighted by Gasteiger charge is 2.33. The fraction of sp³-hybridized carbons (Fsp3) is 0.355. The summed E-state index contributed by atoms with van der Waals surface area (Å²) in [5.74, 6) is -0.276. The number of anilines is 1. The topological polar surface area (TPSA) is 96.0 Å². The molecular formula is C31H39N3O5S. The molecule has 0 aliphatic rings. The van der Waals surface area contributed by atoms with Crippen LogP contribution in [0.3, 0.4) is 0 Å². The van der Waals surface area contributed by atoms with Crippen molar-refractivity contribution in [3.63, 3.8) is 0 Å². The molecule has 0 spiro atoms. The zero-order valence-corrected chi connectivity index (χ0v) is 24.9. The van der Waals surface area contributed by atoms with E-state index in [0.717, 1.165) is 15.4 Å². The Morgan fingerprint density at radius 2 is 1.52 bits per heavy atom. The number of hydrogen-bond donors (Lipinski definition) is 1. The Hall–Kier alpha value is -3.85. The molecule has 0 radical (unpaired) electrons. The van der Waals surface area contributed by atoms with E-state index < -0.39 is 34.1 Å². The quantitative estimate of drug-likeness (QED) is 0.367. The van der Waals surface area contributed by atoms with E-state index in [1.165, 1.54) is 24.1 Å². The zero-order valence-electron chi connectivity index (χ0n) is 24.0. The Balaban J connectivity index is 1.98. The molecule has 0 unspecified atom stereocenters. The van der Waals surface area contributed by atoms with Crippen LogP contribution in [0.25, 0.3) is 0 Å². The molecule has 0 aliphatic heterocycles. The Labute approximate surface area is 238 Å². The predicted molar refractivity (Wildman–Crippen MR) is 158 cm³/mol. The lowest BCUT2D eigenvalue weighted by atomic mass is 10.1. The largest absolute Gasteiger partial charge is 0.497 e. The van der Waals surface area contributed by atoms with Gasteiger partial charge in [-0.3, -0.25) is 13.9 Å². The maximum absolute atomic E-state index is 13.9. The number of amides is 2. The SMILES string of the molecule is COc1ccc(S(=O)(=O)N(CC(=O)N(CCc2ccccc2)[C@@H](C)C(=O)NC(C)(C)C)c2ccc(C)cc2)cc1. The highest BCUT2D eigenvalue weighted by Crippen LogP contribution is 2.26. The summed E-state index contributed by atoms with van der Waals surface area (Å²) in [6.07, 6.45) is 0.509. The second-order valence-corrected chi connectivity index (χ2v) is 12.6. The van der Waals surface area contributed by atoms with Gasteiger partial charge in [0.2, 0.25) is 11.8 Å². The fourth-order valence-electron chi connectivity index (χ4n) is 4.16. The molecule has 0 aromatic heterocycles. The molecule has 0 heterocycles. The van der Waals surface area contributed by atoms with Crippen molar-refractivity contribution in [1.82, 2.24) is 10.2 Å². The molecular weight excluding hydrogens is 526 g/mol. The second-order valence-electron chi connectivity index (χ2n) is 10.8. The van der Waals surface area contributed by atoms with Crippen LogP contribution >= 0.6 is 0 Å². The molecule has 1 N–H and O–H groups in total. The molecule has 8 nitrogen and oxygen atoms in total. The molecule has 0 saturated carbocycles. The summed E-state index contributed by atoms with van der Waals surface area (Å²) in [5.41, 5.74) is 1.81. The van der Waals surface area contributed by atoms with Gasteiger partial charge in [0.15, 0.2) is 0 Å². The monoisotopic (exact) mass is 565 g/mol. The van der Waals surface area contributed by atoms with Crippen LogP contribution in [-0.2, 0) is 26.0 Å². The number of benzene rings is 3. The number of aryl methyl sites for hydroxylation is 1. The van der Waals surface area contributed by atoms with Crippen LogP contribution in [-0.4, -0.2) is 56.9 Å². The number of methoxy groups -OCH3 is 1. The standard InChI is InChI=1S/C31H39N3O5S/c1-23-12-14-26(15-13-23)34(40(37,38)28-18-16-27(39-6)17-19-28)22-29(35)33(21-20-25-10-8-7-9-11-25)24(2)30(36)32-31(3,4)5/h7-19,24H,20-22H2,1-6H3,(H,32,36)/t24-/m0/s1. The Bertz CT molecular complexity index is 1380. The van der Waals surface area contributed by atoms with E-state index in [-0.39, 0.29) is 17.3 Å². The summed E-state index contributed by atoms with van der Waals surface area (Å²) in [4.78, 5) is 28.5. The smallest absolute Gasteiger partial charge is 0.264 e. The normalized spacial score (nSPS) is 12.3. The van der Waals surface area contributed by atoms with Gasteiger partial charge in [-0.1, -0.05) is 48.0 Å². The van der Waals surface area contributed by atoms with Crippen LogP contribution in [0.1, 0.15) is 38.8 Å². The summed E-state index contributed by atoms with van der Waals surface area (Å²) in [6.45, 7) is 8.94. The van der Waals surface area contributed by atoms with E-state index in [1.807, 2.05) is 58.0 Å². The molecule has 1 atom stereocenters. The minimum Gasteiger partial charge on any atom is -0.497 e. The van der Waals surface area contributed by atoms with Crippen molar-refractivity contribution in [2.45, 2.75) is 57.5 Å². The van der Waals surface area contributed by atoms with Crippen LogP contribution in [0.2, 0.25) is 0 Å². The van der Waals surface area contributed by atoms with Gasteiger partial charge in [-0.05, 0) is 83.0 Å². The second kappa shape index (κ2) is 13.0. The summed E-state index contributed by atoms with van der Waals surface area (Å²) in [7, 11) is -2.63. The summed E-state index contributed by atoms with van der Waals surface area (Å²) >= 11 is 0. The fourth-order valence-corrected chi connectivity index (χ4v) is 5.57. The lowest BCUT2D eigenvalue weighted by Gasteiger charge is -2.33. The van der Waals surface area contributed by atoms with Crippen LogP contribution in [0.4, 0.5) is 5.69 Å². The van der Waals surface area contributed by atoms with Crippen LogP contribution in [0.15, 0.2) is 83.8 Å². The number of carbonyl (C=O) groups excluding carboxylic acids is 2. The molecule has 0 bridgehead atoms. The predicted octanol–water partition coefficient (Wildman–Crippen LogP) is 4.57. The van der Waals surface area contributed by atoms with E-state index >= 15 is 0 Å². The molecule has 40 heavy (non-hydrogen) atoms. The van der Waals surface area contributed by atoms with E-state index in [2.05, 4.69) is 5.32 Å². The number of rotatable bonds is 11. The van der Waals surface area contributed by atoms with Crippen molar-refractivity contribution < 1.29 is 22.7 Å². The molecule has 3 rings (SSSR count). The van der Waals surface area contributed by atoms with Crippen molar-refractivity contribution in [2.24, 2.45) is 0 Å². The van der Waals surface area contributed by atoms with Gasteiger partial charge < -0.3 is 15.0 Å². The highest BCUT2D eigenvalue weighted by atomic mass is 32.2. The summed E-state index contributed by atoms with van der Waals surface area (Å²) in [5, 5.41) is 2.93. The lowest BCUT2D eigenvalue weighted by molar-refractivity contribution is -0.139. The maximum atomic E-state index is 13.9. The molecule has 9 heteroatoms. The first kappa shape index (κ1) is 30.7. The van der Waals surface area contributed by atoms with Gasteiger partial charge in [0.25, 0.3) is 10.0 Å². The van der Waals surface area contributed by atoms with Crippen molar-refractivity contribution >= 4 is 27.5 Å². The van der Waals surface area contributed by atoms with Gasteiger partial charge in [-0.15, -0.1) is 0 Å². The van der Waals surface area contributed by atoms with Crippen molar-refractivity contribution in [1.29, 1.82) is 0 Å². The Kier molecular flexibility index (Phi) is 9.98. The lowest BCUT2D eigenvalue weighted by Crippen LogP contribution is -2.55. The van der Waals surface area contributed by atoms with Gasteiger partial charge >= 0.3 is 0 Å². The minimum absolute atomic E-state index is 0.0241. The molecule has 0 saturated heterocycles. The molecule has 3 aromatic carbocycles. The van der Waals surface area contributed by atoms with Gasteiger partial charge in [-0.2, -0.15) is 0 Å². The van der Waals surface area contributed by atoms with Crippen LogP contribution in [0, 0.1) is 6.92 Å². The van der Waals surface area contributed by atoms with Gasteiger partial charge in [0.1, 0.15) is 18.3 Å². The van der Waals surface area contributed by atoms with E-state index in [0.29, 0.717) is 17.9 Å². The Morgan fingerprint density at radius 3 is 2.08 bits per heavy atom. The van der Waals surface area contributed by atoms with Crippen molar-refractivity contribution in [3.05, 3.63) is 90.0 Å². The molecule has 0 aliphatic carbocycles. The number of hydrogen-bond acceptors (Lipinski definition) is 5. The number of carbonyl (C=O) groups is 2. The van der Waals surface area contributed by atoms with E-state index in [1.54, 1.807) is 43.3 Å². The number of nitrogens with one attached hydrogen (secondary N) is 1. The molecule has 3 aromatic rings. The van der Waals surface area contributed by atoms with Crippen LogP contribution in [0.5, 0.6) is 5.75 Å². The third kappa shape index (κ3) is 8.08. The average Bonchev–Trinajstić information content (AvgIpc) is 2.92. The van der Waals surface area contributed by atoms with Crippen LogP contribution < -0.4 is 14.4 Å². The van der Waals surface area contributed by atoms with Gasteiger partial charge in [0, 0.05) is 12.1 Å². The summed E-state index contributed by atoms with van der Waals surface area (Å²) in [6, 6.07) is 21.8. The Morgan fingerprint density at radius 1 is 0.925 bits per heavy atom. The first-order valence-electron chi connectivity index (χ1n) is 13.2.